The van der Waals surface area contributed by atoms with Crippen LogP contribution in [0, 0.1) is 14.9 Å². The van der Waals surface area contributed by atoms with Crippen molar-refractivity contribution in [3.8, 4) is 17.6 Å². The van der Waals surface area contributed by atoms with Gasteiger partial charge in [-0.25, -0.2) is 4.98 Å². The standard InChI is InChI=1S/C26H27IN4O2/c1-2-11-31-12-4-3-5-22(26(31)32)20-8-9-23(27)25(15-20)33-24-14-19(6-7-21(24)16-28)17-30-13-10-29-18-30/h6-10,13-15,18,22H,2-5,11-12,17H2,1H3. The fourth-order valence-electron chi connectivity index (χ4n) is 4.27. The van der Waals surface area contributed by atoms with Crippen molar-refractivity contribution < 1.29 is 9.53 Å². The number of halogens is 1. The summed E-state index contributed by atoms with van der Waals surface area (Å²) in [5, 5.41) is 9.62. The van der Waals surface area contributed by atoms with Crippen molar-refractivity contribution in [1.82, 2.24) is 14.5 Å². The van der Waals surface area contributed by atoms with Gasteiger partial charge >= 0.3 is 0 Å². The molecule has 33 heavy (non-hydrogen) atoms. The maximum atomic E-state index is 13.2. The normalized spacial score (nSPS) is 16.3. The molecule has 6 nitrogen and oxygen atoms in total. The summed E-state index contributed by atoms with van der Waals surface area (Å²) in [5.74, 6) is 1.25. The number of hydrogen-bond acceptors (Lipinski definition) is 4. The van der Waals surface area contributed by atoms with Gasteiger partial charge in [0.15, 0.2) is 0 Å². The summed E-state index contributed by atoms with van der Waals surface area (Å²) >= 11 is 2.24. The van der Waals surface area contributed by atoms with Crippen molar-refractivity contribution in [2.45, 2.75) is 45.1 Å². The number of carbonyl (C=O) groups excluding carboxylic acids is 1. The molecule has 1 aromatic heterocycles. The van der Waals surface area contributed by atoms with Crippen LogP contribution in [0.4, 0.5) is 0 Å². The molecule has 3 aromatic rings. The summed E-state index contributed by atoms with van der Waals surface area (Å²) in [7, 11) is 0. The van der Waals surface area contributed by atoms with Crippen LogP contribution in [-0.2, 0) is 11.3 Å². The zero-order chi connectivity index (χ0) is 23.2. The van der Waals surface area contributed by atoms with E-state index in [9.17, 15) is 10.1 Å². The molecule has 1 atom stereocenters. The van der Waals surface area contributed by atoms with E-state index >= 15 is 0 Å². The first-order valence-electron chi connectivity index (χ1n) is 11.3. The molecule has 0 bridgehead atoms. The van der Waals surface area contributed by atoms with Crippen LogP contribution in [0.2, 0.25) is 0 Å². The zero-order valence-corrected chi connectivity index (χ0v) is 20.9. The SMILES string of the molecule is CCCN1CCCCC(c2ccc(I)c(Oc3cc(Cn4ccnc4)ccc3C#N)c2)C1=O. The Kier molecular flexibility index (Phi) is 7.65. The van der Waals surface area contributed by atoms with Crippen LogP contribution < -0.4 is 4.74 Å². The zero-order valence-electron chi connectivity index (χ0n) is 18.7. The minimum absolute atomic E-state index is 0.151. The van der Waals surface area contributed by atoms with Gasteiger partial charge in [0.1, 0.15) is 17.6 Å². The van der Waals surface area contributed by atoms with E-state index in [1.165, 1.54) is 0 Å². The Morgan fingerprint density at radius 1 is 1.21 bits per heavy atom. The van der Waals surface area contributed by atoms with Gasteiger partial charge in [0, 0.05) is 32.0 Å². The molecule has 0 aliphatic carbocycles. The quantitative estimate of drug-likeness (QED) is 0.351. The maximum absolute atomic E-state index is 13.2. The number of imidazole rings is 1. The summed E-state index contributed by atoms with van der Waals surface area (Å²) in [6, 6.07) is 13.9. The van der Waals surface area contributed by atoms with E-state index in [1.807, 2.05) is 46.0 Å². The Morgan fingerprint density at radius 2 is 2.09 bits per heavy atom. The molecule has 1 aliphatic rings. The van der Waals surface area contributed by atoms with Gasteiger partial charge in [0.05, 0.1) is 21.4 Å². The van der Waals surface area contributed by atoms with Crippen molar-refractivity contribution in [2.24, 2.45) is 0 Å². The largest absolute Gasteiger partial charge is 0.455 e. The Bertz CT molecular complexity index is 1150. The number of aromatic nitrogens is 2. The van der Waals surface area contributed by atoms with Crippen LogP contribution in [-0.4, -0.2) is 33.4 Å². The number of benzene rings is 2. The van der Waals surface area contributed by atoms with Crippen molar-refractivity contribution in [2.75, 3.05) is 13.1 Å². The average Bonchev–Trinajstić information content (AvgIpc) is 3.26. The van der Waals surface area contributed by atoms with Crippen LogP contribution >= 0.6 is 22.6 Å². The molecular formula is C26H27IN4O2. The Labute approximate surface area is 208 Å². The monoisotopic (exact) mass is 554 g/mol. The minimum atomic E-state index is -0.151. The van der Waals surface area contributed by atoms with Crippen LogP contribution in [0.3, 0.4) is 0 Å². The van der Waals surface area contributed by atoms with Crippen LogP contribution in [0.5, 0.6) is 11.5 Å². The number of nitrogens with zero attached hydrogens (tertiary/aromatic N) is 4. The third kappa shape index (κ3) is 5.56. The number of amides is 1. The molecule has 0 spiro atoms. The lowest BCUT2D eigenvalue weighted by atomic mass is 9.93. The molecule has 7 heteroatoms. The first-order valence-corrected chi connectivity index (χ1v) is 12.4. The fraction of sp³-hybridized carbons (Fsp3) is 0.346. The van der Waals surface area contributed by atoms with Gasteiger partial charge in [-0.1, -0.05) is 25.5 Å². The number of nitriles is 1. The van der Waals surface area contributed by atoms with Gasteiger partial charge in [-0.15, -0.1) is 0 Å². The highest BCUT2D eigenvalue weighted by molar-refractivity contribution is 14.1. The van der Waals surface area contributed by atoms with E-state index in [-0.39, 0.29) is 11.8 Å². The number of carbonyl (C=O) groups is 1. The Hall–Kier alpha value is -2.86. The summed E-state index contributed by atoms with van der Waals surface area (Å²) in [4.78, 5) is 19.3. The van der Waals surface area contributed by atoms with Gasteiger partial charge < -0.3 is 14.2 Å². The van der Waals surface area contributed by atoms with E-state index in [1.54, 1.807) is 18.6 Å². The van der Waals surface area contributed by atoms with Crippen molar-refractivity contribution in [3.63, 3.8) is 0 Å². The lowest BCUT2D eigenvalue weighted by Gasteiger charge is -2.24. The molecule has 2 heterocycles. The molecule has 4 rings (SSSR count). The van der Waals surface area contributed by atoms with Crippen LogP contribution in [0.25, 0.3) is 0 Å². The van der Waals surface area contributed by atoms with Gasteiger partial charge in [0.2, 0.25) is 5.91 Å². The second-order valence-corrected chi connectivity index (χ2v) is 9.51. The summed E-state index contributed by atoms with van der Waals surface area (Å²) in [6.45, 7) is 4.39. The number of likely N-dealkylation sites (tertiary alicyclic amines) is 1. The summed E-state index contributed by atoms with van der Waals surface area (Å²) < 4.78 is 9.19. The Morgan fingerprint density at radius 3 is 2.85 bits per heavy atom. The van der Waals surface area contributed by atoms with E-state index in [0.29, 0.717) is 23.6 Å². The molecule has 0 N–H and O–H groups in total. The molecule has 1 fully saturated rings. The maximum Gasteiger partial charge on any atom is 0.230 e. The summed E-state index contributed by atoms with van der Waals surface area (Å²) in [5.41, 5.74) is 2.47. The topological polar surface area (TPSA) is 71.2 Å². The highest BCUT2D eigenvalue weighted by atomic mass is 127. The third-order valence-electron chi connectivity index (χ3n) is 5.94. The fourth-order valence-corrected chi connectivity index (χ4v) is 4.72. The molecule has 1 amide bonds. The lowest BCUT2D eigenvalue weighted by molar-refractivity contribution is -0.132. The first-order chi connectivity index (χ1) is 16.1. The first kappa shape index (κ1) is 23.3. The highest BCUT2D eigenvalue weighted by Crippen LogP contribution is 2.35. The van der Waals surface area contributed by atoms with E-state index in [0.717, 1.165) is 53.5 Å². The van der Waals surface area contributed by atoms with Crippen molar-refractivity contribution in [1.29, 1.82) is 5.26 Å². The smallest absolute Gasteiger partial charge is 0.230 e. The molecule has 2 aromatic carbocycles. The number of ether oxygens (including phenoxy) is 1. The molecule has 1 saturated heterocycles. The van der Waals surface area contributed by atoms with Gasteiger partial charge in [-0.3, -0.25) is 4.79 Å². The predicted molar refractivity (Wildman–Crippen MR) is 135 cm³/mol. The van der Waals surface area contributed by atoms with Crippen LogP contribution in [0.15, 0.2) is 55.1 Å². The number of rotatable bonds is 7. The van der Waals surface area contributed by atoms with Crippen LogP contribution in [0.1, 0.15) is 55.2 Å². The van der Waals surface area contributed by atoms with Crippen molar-refractivity contribution >= 4 is 28.5 Å². The van der Waals surface area contributed by atoms with E-state index in [4.69, 9.17) is 4.74 Å². The molecule has 0 radical (unpaired) electrons. The Balaban J connectivity index is 1.62. The van der Waals surface area contributed by atoms with E-state index in [2.05, 4.69) is 40.6 Å². The minimum Gasteiger partial charge on any atom is -0.455 e. The van der Waals surface area contributed by atoms with Crippen molar-refractivity contribution in [3.05, 3.63) is 75.4 Å². The molecule has 170 valence electrons. The predicted octanol–water partition coefficient (Wildman–Crippen LogP) is 5.71. The molecule has 0 saturated carbocycles. The average molecular weight is 554 g/mol. The third-order valence-corrected chi connectivity index (χ3v) is 6.83. The lowest BCUT2D eigenvalue weighted by Crippen LogP contribution is -2.34. The molecular weight excluding hydrogens is 527 g/mol. The number of hydrogen-bond donors (Lipinski definition) is 0. The highest BCUT2D eigenvalue weighted by Gasteiger charge is 2.28. The van der Waals surface area contributed by atoms with Gasteiger partial charge in [-0.05, 0) is 77.2 Å². The van der Waals surface area contributed by atoms with E-state index < -0.39 is 0 Å². The molecule has 1 aliphatic heterocycles. The van der Waals surface area contributed by atoms with Gasteiger partial charge in [-0.2, -0.15) is 5.26 Å². The van der Waals surface area contributed by atoms with Gasteiger partial charge in [0.25, 0.3) is 0 Å². The molecule has 1 unspecified atom stereocenters. The second kappa shape index (κ2) is 10.8. The second-order valence-electron chi connectivity index (χ2n) is 8.34. The summed E-state index contributed by atoms with van der Waals surface area (Å²) in [6.07, 6.45) is 9.30.